The minimum atomic E-state index is -2.47. The van der Waals surface area contributed by atoms with Crippen molar-refractivity contribution in [1.82, 2.24) is 39.4 Å². The van der Waals surface area contributed by atoms with Gasteiger partial charge in [0.05, 0.1) is 102 Å². The van der Waals surface area contributed by atoms with Crippen molar-refractivity contribution in [3.8, 4) is 11.3 Å². The van der Waals surface area contributed by atoms with Crippen molar-refractivity contribution in [3.05, 3.63) is 107 Å². The van der Waals surface area contributed by atoms with Gasteiger partial charge in [0.25, 0.3) is 17.7 Å². The van der Waals surface area contributed by atoms with E-state index in [1.54, 1.807) is 47.1 Å². The van der Waals surface area contributed by atoms with Gasteiger partial charge in [0.15, 0.2) is 17.0 Å². The molecule has 0 radical (unpaired) electrons. The Labute approximate surface area is 756 Å². The van der Waals surface area contributed by atoms with Crippen LogP contribution in [0.5, 0.6) is 0 Å². The Bertz CT molecular complexity index is 4640. The molecule has 5 aromatic rings. The van der Waals surface area contributed by atoms with E-state index < -0.39 is 96.1 Å². The molecule has 8 heterocycles. The number of carbonyl (C=O) groups is 7. The number of nitrogens with zero attached hydrogens (tertiary/aromatic N) is 8. The van der Waals surface area contributed by atoms with Crippen molar-refractivity contribution < 1.29 is 110 Å². The Balaban J connectivity index is 0.529. The molecular weight excluding hydrogens is 1660 g/mol. The maximum Gasteiger partial charge on any atom is 0.329 e. The number of cyclic esters (lactones) is 1. The molecule has 5 aliphatic heterocycles. The standard InChI is InChI=1S/C96H138N10O23/c1-60-17-12-11-13-18-61(2)79(117-8)54-73-26-21-66(7)96(116,129-73)90(113)93(114)105-32-15-14-19-75(105)94(115)127-80(55-76(107)62(3)48-65(6)88(112)89(119-10)87(111)64(5)47-60)63(4)49-68-23-27-78(81(51-68)118-9)126-83(109)20-16-36-120-37-38-121-39-40-122-41-42-123-43-44-124-45-46-125-84(110)52-67-29-33-103(34-30-67)58-82(108)104-35-31-70-50-69(22-24-72(70)57-104)56-106-92-85(91(97)99-59-100-92)86(102-106)71-25-28-77-74(53-71)101-95(98)128-77/h11-13,17-18,22,24-25,28,48,50,53,59-60,62-64,66-68,73,75-76,78-81,88-89,107,112,116H,14-16,19-21,23,26-27,29-47,49,51-52,54-58H2,1-10H3,(H2,98,101)(H2,97,99,100)/b13-11+,17-12+,61-18+,65-48+/t60-,62-,63-,64-,66-,68+,73+,75+,76-,78-,79+,80+,81-,88-,89+,96-/m1/s1. The van der Waals surface area contributed by atoms with Crippen LogP contribution >= 0.6 is 0 Å². The number of likely N-dealkylation sites (tertiary alicyclic amines) is 1. The minimum absolute atomic E-state index is 0.00736. The van der Waals surface area contributed by atoms with Gasteiger partial charge in [0.2, 0.25) is 11.7 Å². The summed E-state index contributed by atoms with van der Waals surface area (Å²) in [6.07, 6.45) is 14.4. The van der Waals surface area contributed by atoms with Gasteiger partial charge in [-0.3, -0.25) is 33.7 Å². The number of aromatic nitrogens is 5. The number of fused-ring (bicyclic) bond motifs is 6. The second-order valence-electron chi connectivity index (χ2n) is 35.9. The summed E-state index contributed by atoms with van der Waals surface area (Å²) in [4.78, 5) is 116. The molecule has 7 N–H and O–H groups in total. The summed E-state index contributed by atoms with van der Waals surface area (Å²) >= 11 is 0. The number of ketones is 2. The number of carbonyl (C=O) groups excluding carboxylic acids is 7. The predicted octanol–water partition coefficient (Wildman–Crippen LogP) is 9.78. The highest BCUT2D eigenvalue weighted by Gasteiger charge is 2.53. The lowest BCUT2D eigenvalue weighted by Crippen LogP contribution is -2.61. The largest absolute Gasteiger partial charge is 0.463 e. The zero-order valence-corrected chi connectivity index (χ0v) is 76.9. The average Bonchev–Trinajstić information content (AvgIpc) is 1.61. The predicted molar refractivity (Wildman–Crippen MR) is 480 cm³/mol. The summed E-state index contributed by atoms with van der Waals surface area (Å²) in [5.74, 6) is -7.91. The van der Waals surface area contributed by atoms with Crippen LogP contribution in [-0.4, -0.2) is 283 Å². The molecule has 33 heteroatoms. The van der Waals surface area contributed by atoms with E-state index in [2.05, 4.69) is 38.1 Å². The van der Waals surface area contributed by atoms with E-state index >= 15 is 0 Å². The number of methoxy groups -OCH3 is 3. The van der Waals surface area contributed by atoms with Crippen LogP contribution in [0.25, 0.3) is 33.4 Å². The molecule has 710 valence electrons. The lowest BCUT2D eigenvalue weighted by atomic mass is 9.78. The highest BCUT2D eigenvalue weighted by Crippen LogP contribution is 2.40. The number of esters is 3. The van der Waals surface area contributed by atoms with E-state index in [0.29, 0.717) is 202 Å². The highest BCUT2D eigenvalue weighted by atomic mass is 16.6. The van der Waals surface area contributed by atoms with E-state index in [4.69, 9.17) is 77.8 Å². The van der Waals surface area contributed by atoms with Gasteiger partial charge in [-0.1, -0.05) is 89.3 Å². The molecular formula is C96H138N10O23. The number of rotatable bonds is 33. The molecule has 33 nitrogen and oxygen atoms in total. The van der Waals surface area contributed by atoms with Crippen molar-refractivity contribution in [1.29, 1.82) is 0 Å². The van der Waals surface area contributed by atoms with Crippen molar-refractivity contribution >= 4 is 75.3 Å². The van der Waals surface area contributed by atoms with Gasteiger partial charge in [-0.15, -0.1) is 0 Å². The molecule has 129 heavy (non-hydrogen) atoms. The van der Waals surface area contributed by atoms with Gasteiger partial charge in [-0.25, -0.2) is 19.4 Å². The van der Waals surface area contributed by atoms with Crippen LogP contribution in [0.3, 0.4) is 0 Å². The molecule has 2 bridgehead atoms. The van der Waals surface area contributed by atoms with E-state index in [1.165, 1.54) is 23.9 Å². The van der Waals surface area contributed by atoms with Crippen LogP contribution in [0.15, 0.2) is 94.7 Å². The maximum atomic E-state index is 14.8. The Kier molecular flexibility index (Phi) is 38.7. The molecule has 0 unspecified atom stereocenters. The minimum Gasteiger partial charge on any atom is -0.463 e. The molecule has 6 aliphatic rings. The second kappa shape index (κ2) is 49.6. The summed E-state index contributed by atoms with van der Waals surface area (Å²) in [7, 11) is 4.54. The molecule has 1 saturated carbocycles. The third-order valence-corrected chi connectivity index (χ3v) is 26.3. The van der Waals surface area contributed by atoms with Gasteiger partial charge in [0, 0.05) is 96.6 Å². The van der Waals surface area contributed by atoms with Crippen LogP contribution < -0.4 is 11.5 Å². The van der Waals surface area contributed by atoms with E-state index in [0.717, 1.165) is 54.6 Å². The van der Waals surface area contributed by atoms with Gasteiger partial charge in [-0.05, 0) is 187 Å². The van der Waals surface area contributed by atoms with Crippen LogP contribution in [-0.2, 0) is 110 Å². The van der Waals surface area contributed by atoms with Gasteiger partial charge < -0.3 is 97.8 Å². The van der Waals surface area contributed by atoms with Gasteiger partial charge >= 0.3 is 17.9 Å². The fraction of sp³-hybridized carbons (Fsp3) is 0.656. The Morgan fingerprint density at radius 3 is 2.14 bits per heavy atom. The van der Waals surface area contributed by atoms with E-state index in [1.807, 2.05) is 79.8 Å². The van der Waals surface area contributed by atoms with Crippen LogP contribution in [0.1, 0.15) is 174 Å². The molecule has 0 spiro atoms. The quantitative estimate of drug-likeness (QED) is 0.00857. The molecule has 11 rings (SSSR count). The zero-order chi connectivity index (χ0) is 92.3. The van der Waals surface area contributed by atoms with Crippen molar-refractivity contribution in [2.75, 3.05) is 138 Å². The third-order valence-electron chi connectivity index (χ3n) is 26.3. The number of oxazole rings is 1. The first-order valence-corrected chi connectivity index (χ1v) is 46.2. The zero-order valence-electron chi connectivity index (χ0n) is 76.9. The third kappa shape index (κ3) is 28.4. The maximum absolute atomic E-state index is 14.8. The molecule has 4 fully saturated rings. The number of Topliss-reactive ketones (excluding diaryl/α,β-unsaturated/α-hetero) is 2. The number of aliphatic hydroxyl groups excluding tert-OH is 2. The number of ether oxygens (including phenoxy) is 12. The number of anilines is 2. The molecule has 1 aliphatic carbocycles. The lowest BCUT2D eigenvalue weighted by molar-refractivity contribution is -0.265. The van der Waals surface area contributed by atoms with E-state index in [9.17, 15) is 48.9 Å². The average molecular weight is 1800 g/mol. The van der Waals surface area contributed by atoms with E-state index in [-0.39, 0.29) is 92.3 Å². The normalized spacial score (nSPS) is 28.3. The molecule has 3 saturated heterocycles. The summed E-state index contributed by atoms with van der Waals surface area (Å²) in [6, 6.07) is 10.8. The molecule has 2 amide bonds. The Hall–Kier alpha value is -8.81. The Morgan fingerprint density at radius 2 is 1.43 bits per heavy atom. The number of nitrogens with two attached hydrogens (primary N) is 2. The summed E-state index contributed by atoms with van der Waals surface area (Å²) in [6.45, 7) is 19.8. The summed E-state index contributed by atoms with van der Waals surface area (Å²) < 4.78 is 77.3. The first kappa shape index (κ1) is 101. The van der Waals surface area contributed by atoms with Crippen LogP contribution in [0, 0.1) is 41.4 Å². The second-order valence-corrected chi connectivity index (χ2v) is 35.9. The van der Waals surface area contributed by atoms with Crippen LogP contribution in [0.4, 0.5) is 11.8 Å². The number of benzene rings is 2. The fourth-order valence-corrected chi connectivity index (χ4v) is 18.6. The number of aliphatic hydroxyl groups is 3. The highest BCUT2D eigenvalue weighted by molar-refractivity contribution is 6.39. The fourth-order valence-electron chi connectivity index (χ4n) is 18.6. The number of piperidine rings is 2. The number of hydrogen-bond donors (Lipinski definition) is 5. The SMILES string of the molecule is CO[C@H]1C[C@@H]2CC[C@@H](C)[C@@](O)(O2)C(=O)C(=O)N2CCCC[C@H]2C(=O)O[C@H]([C@H](C)C[C@@H]2CC[C@@H](OC(=O)CCCOCCOCCOCCOCCOCCOC(=O)CC3CCN(CC(=O)N4CCc5cc(Cn6nc(-c7ccc8oc(N)nc8c7)c7c(N)ncnc76)ccc5C4)CC3)[C@H](OC)C2)C[C@@H](O)[C@H](C)/C=C(\C)[C@@H](O)[C@@H](OC)C(=O)[C@H](C)C[C@H](C)/C=C/C=C/C=C/1C. The molecule has 3 aromatic heterocycles. The van der Waals surface area contributed by atoms with Crippen molar-refractivity contribution in [2.24, 2.45) is 41.4 Å². The summed E-state index contributed by atoms with van der Waals surface area (Å²) in [5, 5.41) is 41.5. The van der Waals surface area contributed by atoms with Crippen molar-refractivity contribution in [3.63, 3.8) is 0 Å². The number of allylic oxidation sites excluding steroid dienone is 5. The molecule has 2 aromatic carbocycles. The smallest absolute Gasteiger partial charge is 0.329 e. The number of hydrogen-bond acceptors (Lipinski definition) is 30. The Morgan fingerprint density at radius 1 is 0.705 bits per heavy atom. The van der Waals surface area contributed by atoms with Gasteiger partial charge in [-0.2, -0.15) is 10.1 Å². The monoisotopic (exact) mass is 1800 g/mol. The molecule has 16 atom stereocenters. The number of nitrogen functional groups attached to an aromatic ring is 2. The van der Waals surface area contributed by atoms with Crippen LogP contribution in [0.2, 0.25) is 0 Å². The van der Waals surface area contributed by atoms with Crippen molar-refractivity contribution in [2.45, 2.75) is 238 Å². The lowest BCUT2D eigenvalue weighted by Gasteiger charge is -2.43. The first-order chi connectivity index (χ1) is 62.1. The van der Waals surface area contributed by atoms with Gasteiger partial charge in [0.1, 0.15) is 60.4 Å². The number of amides is 2. The topological polar surface area (TPSA) is 422 Å². The first-order valence-electron chi connectivity index (χ1n) is 46.2. The summed E-state index contributed by atoms with van der Waals surface area (Å²) in [5.41, 5.74) is 20.0.